The van der Waals surface area contributed by atoms with Crippen molar-refractivity contribution in [3.63, 3.8) is 0 Å². The van der Waals surface area contributed by atoms with E-state index >= 15 is 0 Å². The minimum absolute atomic E-state index is 0.0376. The van der Waals surface area contributed by atoms with E-state index < -0.39 is 0 Å². The van der Waals surface area contributed by atoms with E-state index in [0.717, 1.165) is 55.9 Å². The van der Waals surface area contributed by atoms with Crippen molar-refractivity contribution in [2.75, 3.05) is 88.4 Å². The van der Waals surface area contributed by atoms with Gasteiger partial charge in [-0.05, 0) is 109 Å². The Bertz CT molecular complexity index is 2020. The van der Waals surface area contributed by atoms with Gasteiger partial charge in [0.25, 0.3) is 5.88 Å². The lowest BCUT2D eigenvalue weighted by molar-refractivity contribution is -0.604. The van der Waals surface area contributed by atoms with Crippen LogP contribution in [-0.4, -0.2) is 113 Å². The molecule has 0 unspecified atom stereocenters. The summed E-state index contributed by atoms with van der Waals surface area (Å²) in [5.41, 5.74) is 0. The van der Waals surface area contributed by atoms with Crippen molar-refractivity contribution in [1.29, 1.82) is 0 Å². The number of methoxy groups -OCH3 is 5. The van der Waals surface area contributed by atoms with Gasteiger partial charge in [-0.1, -0.05) is 11.6 Å². The highest BCUT2D eigenvalue weighted by Gasteiger charge is 2.13. The van der Waals surface area contributed by atoms with E-state index in [1.165, 1.54) is 12.4 Å². The minimum atomic E-state index is 0.0376. The second-order valence-corrected chi connectivity index (χ2v) is 17.5. The average Bonchev–Trinajstić information content (AvgIpc) is 3.28. The van der Waals surface area contributed by atoms with Crippen molar-refractivity contribution in [1.82, 2.24) is 19.9 Å². The maximum atomic E-state index is 11.2. The molecule has 0 saturated heterocycles. The van der Waals surface area contributed by atoms with Crippen LogP contribution in [0.3, 0.4) is 0 Å². The Morgan fingerprint density at radius 2 is 0.969 bits per heavy atom. The largest absolute Gasteiger partial charge is 0.618 e. The first-order chi connectivity index (χ1) is 31.3. The molecule has 5 aromatic heterocycles. The Balaban J connectivity index is 0.000000411. The van der Waals surface area contributed by atoms with E-state index in [1.807, 2.05) is 12.1 Å². The molecular weight excluding hydrogens is 1220 g/mol. The molecule has 0 amide bonds. The number of rotatable bonds is 21. The Hall–Kier alpha value is -2.83. The lowest BCUT2D eigenvalue weighted by Gasteiger charge is -2.09. The molecular formula is C42H52Br5Cl2N5O11. The Labute approximate surface area is 432 Å². The molecule has 360 valence electrons. The molecule has 5 aromatic rings. The Morgan fingerprint density at radius 3 is 1.46 bits per heavy atom. The van der Waals surface area contributed by atoms with E-state index in [4.69, 9.17) is 70.9 Å². The predicted molar refractivity (Wildman–Crippen MR) is 267 cm³/mol. The molecule has 0 fully saturated rings. The zero-order valence-corrected chi connectivity index (χ0v) is 45.8. The summed E-state index contributed by atoms with van der Waals surface area (Å²) in [5.74, 6) is 3.07. The number of aromatic hydroxyl groups is 1. The van der Waals surface area contributed by atoms with Gasteiger partial charge in [0.05, 0.1) is 50.4 Å². The van der Waals surface area contributed by atoms with Gasteiger partial charge in [0.1, 0.15) is 11.5 Å². The molecule has 0 aromatic carbocycles. The Kier molecular flexibility index (Phi) is 35.3. The molecule has 16 nitrogen and oxygen atoms in total. The van der Waals surface area contributed by atoms with Gasteiger partial charge in [-0.2, -0.15) is 4.73 Å². The monoisotopic (exact) mass is 1270 g/mol. The normalized spacial score (nSPS) is 10.0. The van der Waals surface area contributed by atoms with Gasteiger partial charge in [-0.25, -0.2) is 9.97 Å². The van der Waals surface area contributed by atoms with E-state index in [1.54, 1.807) is 84.7 Å². The van der Waals surface area contributed by atoms with Gasteiger partial charge in [0, 0.05) is 135 Å². The van der Waals surface area contributed by atoms with Crippen LogP contribution in [0.5, 0.6) is 34.6 Å². The van der Waals surface area contributed by atoms with Crippen LogP contribution in [-0.2, 0) is 18.9 Å². The molecule has 0 saturated carbocycles. The zero-order chi connectivity index (χ0) is 48.2. The summed E-state index contributed by atoms with van der Waals surface area (Å²) in [5, 5.41) is 20.3. The van der Waals surface area contributed by atoms with Crippen LogP contribution in [0, 0.1) is 5.21 Å². The molecule has 0 radical (unpaired) electrons. The fourth-order valence-electron chi connectivity index (χ4n) is 4.19. The van der Waals surface area contributed by atoms with Gasteiger partial charge >= 0.3 is 5.15 Å². The molecule has 1 N–H and O–H groups in total. The summed E-state index contributed by atoms with van der Waals surface area (Å²) in [6.07, 6.45) is 14.3. The number of nitrogens with zero attached hydrogens (tertiary/aromatic N) is 5. The number of hydrogen-bond donors (Lipinski definition) is 1. The fraction of sp³-hybridized carbons (Fsp3) is 0.405. The molecule has 0 aliphatic heterocycles. The van der Waals surface area contributed by atoms with Crippen molar-refractivity contribution < 1.29 is 52.5 Å². The van der Waals surface area contributed by atoms with Crippen molar-refractivity contribution in [2.24, 2.45) is 0 Å². The summed E-state index contributed by atoms with van der Waals surface area (Å²) in [7, 11) is 8.20. The van der Waals surface area contributed by atoms with Gasteiger partial charge in [-0.15, -0.1) is 0 Å². The first kappa shape index (κ1) is 60.2. The molecule has 0 bridgehead atoms. The first-order valence-electron chi connectivity index (χ1n) is 19.2. The highest BCUT2D eigenvalue weighted by molar-refractivity contribution is 9.11. The molecule has 23 heteroatoms. The standard InChI is InChI=1S/C10H14BrNO3.C9H11BrClNO3.C9H11BrClNO2.C9H12BrNO2.C5H4BrNO/c1-13-4-3-5-15-9-6-8(11)7-12-10(9)14-2;1-14-3-2-4-15-8-5-7(10)6-12(13)9(8)11;1-13-3-2-4-14-8-5-7(10)6-12-9(8)11;1-12-3-2-4-13-9-5-8(10)6-11-7-9;6-4-1-5(8)3-7-2-4/h6-7H,3-5H2,1-2H3;5-6H,2-4H2,1H3;5-6H,2-4H2,1H3;5-7H,2-4H2,1H3;1-3,8H. The van der Waals surface area contributed by atoms with Crippen LogP contribution in [0.25, 0.3) is 0 Å². The van der Waals surface area contributed by atoms with Crippen molar-refractivity contribution in [3.05, 3.63) is 112 Å². The summed E-state index contributed by atoms with van der Waals surface area (Å²) < 4.78 is 51.0. The van der Waals surface area contributed by atoms with Crippen LogP contribution in [0.2, 0.25) is 10.3 Å². The van der Waals surface area contributed by atoms with Crippen LogP contribution in [0.15, 0.2) is 96.1 Å². The van der Waals surface area contributed by atoms with E-state index in [9.17, 15) is 5.21 Å². The highest BCUT2D eigenvalue weighted by Crippen LogP contribution is 2.28. The third-order valence-corrected chi connectivity index (χ3v) is 9.85. The molecule has 0 aliphatic carbocycles. The summed E-state index contributed by atoms with van der Waals surface area (Å²) in [6, 6.07) is 8.75. The summed E-state index contributed by atoms with van der Waals surface area (Å²) >= 11 is 27.8. The van der Waals surface area contributed by atoms with Crippen LogP contribution in [0.4, 0.5) is 0 Å². The fourth-order valence-corrected chi connectivity index (χ4v) is 6.22. The maximum Gasteiger partial charge on any atom is 0.328 e. The quantitative estimate of drug-likeness (QED) is 0.0317. The summed E-state index contributed by atoms with van der Waals surface area (Å²) in [6.45, 7) is 4.98. The van der Waals surface area contributed by atoms with Gasteiger partial charge in [0.2, 0.25) is 5.75 Å². The molecule has 65 heavy (non-hydrogen) atoms. The number of pyridine rings is 5. The van der Waals surface area contributed by atoms with E-state index in [2.05, 4.69) is 99.6 Å². The topological polar surface area (TPSA) is 182 Å². The van der Waals surface area contributed by atoms with Crippen LogP contribution in [0.1, 0.15) is 25.7 Å². The van der Waals surface area contributed by atoms with E-state index in [0.29, 0.717) is 83.7 Å². The van der Waals surface area contributed by atoms with Gasteiger partial charge in [0.15, 0.2) is 22.8 Å². The van der Waals surface area contributed by atoms with Gasteiger partial charge in [-0.3, -0.25) is 9.97 Å². The molecule has 0 aliphatic rings. The Morgan fingerprint density at radius 1 is 0.523 bits per heavy atom. The smallest absolute Gasteiger partial charge is 0.328 e. The number of halogens is 7. The average molecular weight is 1270 g/mol. The van der Waals surface area contributed by atoms with Crippen LogP contribution < -0.4 is 28.4 Å². The van der Waals surface area contributed by atoms with E-state index in [-0.39, 0.29) is 10.9 Å². The zero-order valence-electron chi connectivity index (χ0n) is 36.3. The number of aromatic nitrogens is 5. The van der Waals surface area contributed by atoms with Gasteiger partial charge < -0.3 is 52.9 Å². The van der Waals surface area contributed by atoms with Crippen molar-refractivity contribution in [3.8, 4) is 34.6 Å². The third-order valence-electron chi connectivity index (χ3n) is 7.04. The molecule has 5 rings (SSSR count). The minimum Gasteiger partial charge on any atom is -0.618 e. The number of ether oxygens (including phenoxy) is 9. The number of hydrogen-bond acceptors (Lipinski definition) is 15. The maximum absolute atomic E-state index is 11.2. The highest BCUT2D eigenvalue weighted by atomic mass is 79.9. The predicted octanol–water partition coefficient (Wildman–Crippen LogP) is 11.1. The third kappa shape index (κ3) is 29.5. The second kappa shape index (κ2) is 38.2. The second-order valence-electron chi connectivity index (χ2n) is 12.2. The lowest BCUT2D eigenvalue weighted by atomic mass is 10.4. The lowest BCUT2D eigenvalue weighted by Crippen LogP contribution is -2.27. The van der Waals surface area contributed by atoms with Crippen molar-refractivity contribution in [2.45, 2.75) is 25.7 Å². The SMILES string of the molecule is COCCCOc1cc(Br)c[n+]([O-])c1Cl.COCCCOc1cc(Br)cnc1Cl.COCCCOc1cc(Br)cnc1OC.COCCCOc1cncc(Br)c1.Oc1cncc(Br)c1. The first-order valence-corrected chi connectivity index (χ1v) is 24.0. The van der Waals surface area contributed by atoms with Crippen molar-refractivity contribution >= 4 is 103 Å². The summed E-state index contributed by atoms with van der Waals surface area (Å²) in [4.78, 5) is 15.7. The molecule has 0 atom stereocenters. The van der Waals surface area contributed by atoms with Crippen LogP contribution >= 0.6 is 103 Å². The molecule has 5 heterocycles. The molecule has 0 spiro atoms.